The van der Waals surface area contributed by atoms with E-state index >= 15 is 0 Å². The standard InChI is InChI=1S/C9H10FNO/c10-8-3-1-2-6-4-7(5-11)12-9(6)8/h1-3,7H,4-5,11H2/t7-/m1/s1. The number of rotatable bonds is 1. The number of nitrogens with two attached hydrogens (primary N) is 1. The van der Waals surface area contributed by atoms with Gasteiger partial charge in [-0.1, -0.05) is 12.1 Å². The zero-order chi connectivity index (χ0) is 8.55. The van der Waals surface area contributed by atoms with Gasteiger partial charge in [-0.05, 0) is 6.07 Å². The molecular formula is C9H10FNO. The molecule has 3 heteroatoms. The van der Waals surface area contributed by atoms with Gasteiger partial charge in [0.1, 0.15) is 6.10 Å². The SMILES string of the molecule is NC[C@H]1Cc2cccc(F)c2O1. The summed E-state index contributed by atoms with van der Waals surface area (Å²) in [5.74, 6) is 0.0939. The summed E-state index contributed by atoms with van der Waals surface area (Å²) < 4.78 is 18.3. The van der Waals surface area contributed by atoms with Crippen LogP contribution in [0.3, 0.4) is 0 Å². The van der Waals surface area contributed by atoms with Crippen LogP contribution in [-0.2, 0) is 6.42 Å². The van der Waals surface area contributed by atoms with Crippen molar-refractivity contribution in [2.75, 3.05) is 6.54 Å². The summed E-state index contributed by atoms with van der Waals surface area (Å²) in [5.41, 5.74) is 6.34. The van der Waals surface area contributed by atoms with Crippen molar-refractivity contribution in [3.05, 3.63) is 29.6 Å². The molecule has 0 saturated heterocycles. The molecule has 12 heavy (non-hydrogen) atoms. The minimum absolute atomic E-state index is 0.0445. The van der Waals surface area contributed by atoms with Crippen molar-refractivity contribution in [3.63, 3.8) is 0 Å². The Morgan fingerprint density at radius 3 is 3.08 bits per heavy atom. The number of fused-ring (bicyclic) bond motifs is 1. The Morgan fingerprint density at radius 2 is 2.42 bits per heavy atom. The molecule has 1 aromatic rings. The van der Waals surface area contributed by atoms with Crippen LogP contribution in [0.25, 0.3) is 0 Å². The molecule has 0 aromatic heterocycles. The Kier molecular flexibility index (Phi) is 1.73. The second-order valence-electron chi connectivity index (χ2n) is 2.91. The maximum atomic E-state index is 13.0. The smallest absolute Gasteiger partial charge is 0.165 e. The molecule has 1 aromatic carbocycles. The van der Waals surface area contributed by atoms with Crippen molar-refractivity contribution in [3.8, 4) is 5.75 Å². The molecule has 0 amide bonds. The maximum absolute atomic E-state index is 13.0. The first-order valence-electron chi connectivity index (χ1n) is 3.95. The van der Waals surface area contributed by atoms with Crippen LogP contribution in [0.15, 0.2) is 18.2 Å². The van der Waals surface area contributed by atoms with Crippen molar-refractivity contribution < 1.29 is 9.13 Å². The Hall–Kier alpha value is -1.09. The lowest BCUT2D eigenvalue weighted by molar-refractivity contribution is 0.232. The molecule has 1 aliphatic heterocycles. The number of hydrogen-bond acceptors (Lipinski definition) is 2. The molecule has 0 radical (unpaired) electrons. The largest absolute Gasteiger partial charge is 0.485 e. The van der Waals surface area contributed by atoms with Gasteiger partial charge in [-0.25, -0.2) is 4.39 Å². The Labute approximate surface area is 70.1 Å². The third-order valence-corrected chi connectivity index (χ3v) is 2.04. The van der Waals surface area contributed by atoms with E-state index in [1.165, 1.54) is 6.07 Å². The van der Waals surface area contributed by atoms with Gasteiger partial charge in [0.05, 0.1) is 0 Å². The summed E-state index contributed by atoms with van der Waals surface area (Å²) in [7, 11) is 0. The monoisotopic (exact) mass is 167 g/mol. The van der Waals surface area contributed by atoms with Crippen LogP contribution < -0.4 is 10.5 Å². The van der Waals surface area contributed by atoms with Gasteiger partial charge in [-0.3, -0.25) is 0 Å². The Balaban J connectivity index is 2.35. The Bertz CT molecular complexity index is 301. The van der Waals surface area contributed by atoms with Crippen LogP contribution >= 0.6 is 0 Å². The van der Waals surface area contributed by atoms with Gasteiger partial charge in [-0.2, -0.15) is 0 Å². The molecule has 0 spiro atoms. The molecule has 0 fully saturated rings. The van der Waals surface area contributed by atoms with Gasteiger partial charge >= 0.3 is 0 Å². The van der Waals surface area contributed by atoms with E-state index < -0.39 is 0 Å². The van der Waals surface area contributed by atoms with E-state index in [-0.39, 0.29) is 11.9 Å². The van der Waals surface area contributed by atoms with Crippen LogP contribution in [0, 0.1) is 5.82 Å². The molecule has 64 valence electrons. The quantitative estimate of drug-likeness (QED) is 0.679. The van der Waals surface area contributed by atoms with E-state index in [4.69, 9.17) is 10.5 Å². The molecule has 1 atom stereocenters. The average Bonchev–Trinajstić information content (AvgIpc) is 2.49. The molecule has 0 aliphatic carbocycles. The fourth-order valence-electron chi connectivity index (χ4n) is 1.43. The van der Waals surface area contributed by atoms with E-state index in [1.807, 2.05) is 6.07 Å². The summed E-state index contributed by atoms with van der Waals surface area (Å²) in [4.78, 5) is 0. The highest BCUT2D eigenvalue weighted by Gasteiger charge is 2.23. The molecule has 0 saturated carbocycles. The third kappa shape index (κ3) is 1.06. The number of para-hydroxylation sites is 1. The number of benzene rings is 1. The van der Waals surface area contributed by atoms with Gasteiger partial charge in [0.15, 0.2) is 11.6 Å². The molecule has 2 rings (SSSR count). The van der Waals surface area contributed by atoms with Crippen molar-refractivity contribution in [2.45, 2.75) is 12.5 Å². The van der Waals surface area contributed by atoms with Gasteiger partial charge in [0, 0.05) is 18.5 Å². The van der Waals surface area contributed by atoms with Gasteiger partial charge in [0.2, 0.25) is 0 Å². The van der Waals surface area contributed by atoms with Crippen LogP contribution in [0.5, 0.6) is 5.75 Å². The van der Waals surface area contributed by atoms with Crippen LogP contribution in [-0.4, -0.2) is 12.6 Å². The minimum Gasteiger partial charge on any atom is -0.485 e. The summed E-state index contributed by atoms with van der Waals surface area (Å²) in [6, 6.07) is 4.96. The number of ether oxygens (including phenoxy) is 1. The lowest BCUT2D eigenvalue weighted by Crippen LogP contribution is -2.24. The summed E-state index contributed by atoms with van der Waals surface area (Å²) in [6.45, 7) is 0.439. The summed E-state index contributed by atoms with van der Waals surface area (Å²) in [5, 5.41) is 0. The normalized spacial score (nSPS) is 20.3. The van der Waals surface area contributed by atoms with Crippen molar-refractivity contribution in [1.82, 2.24) is 0 Å². The lowest BCUT2D eigenvalue weighted by atomic mass is 10.1. The van der Waals surface area contributed by atoms with Crippen molar-refractivity contribution in [2.24, 2.45) is 5.73 Å². The van der Waals surface area contributed by atoms with Crippen molar-refractivity contribution >= 4 is 0 Å². The third-order valence-electron chi connectivity index (χ3n) is 2.04. The predicted molar refractivity (Wildman–Crippen MR) is 43.6 cm³/mol. The molecule has 1 aliphatic rings. The molecular weight excluding hydrogens is 157 g/mol. The molecule has 1 heterocycles. The van der Waals surface area contributed by atoms with E-state index in [0.717, 1.165) is 12.0 Å². The van der Waals surface area contributed by atoms with Gasteiger partial charge in [-0.15, -0.1) is 0 Å². The zero-order valence-electron chi connectivity index (χ0n) is 6.59. The fraction of sp³-hybridized carbons (Fsp3) is 0.333. The number of halogens is 1. The topological polar surface area (TPSA) is 35.2 Å². The zero-order valence-corrected chi connectivity index (χ0v) is 6.59. The Morgan fingerprint density at radius 1 is 1.58 bits per heavy atom. The highest BCUT2D eigenvalue weighted by Crippen LogP contribution is 2.30. The van der Waals surface area contributed by atoms with Crippen molar-refractivity contribution in [1.29, 1.82) is 0 Å². The summed E-state index contributed by atoms with van der Waals surface area (Å²) >= 11 is 0. The average molecular weight is 167 g/mol. The molecule has 0 unspecified atom stereocenters. The maximum Gasteiger partial charge on any atom is 0.165 e. The lowest BCUT2D eigenvalue weighted by Gasteiger charge is -2.06. The molecule has 2 N–H and O–H groups in total. The predicted octanol–water partition coefficient (Wildman–Crippen LogP) is 1.09. The van der Waals surface area contributed by atoms with Gasteiger partial charge < -0.3 is 10.5 Å². The minimum atomic E-state index is -0.288. The first-order valence-corrected chi connectivity index (χ1v) is 3.95. The first kappa shape index (κ1) is 7.55. The summed E-state index contributed by atoms with van der Waals surface area (Å²) in [6.07, 6.45) is 0.681. The van der Waals surface area contributed by atoms with Crippen LogP contribution in [0.2, 0.25) is 0 Å². The van der Waals surface area contributed by atoms with Gasteiger partial charge in [0.25, 0.3) is 0 Å². The van der Waals surface area contributed by atoms with E-state index in [2.05, 4.69) is 0 Å². The van der Waals surface area contributed by atoms with E-state index in [9.17, 15) is 4.39 Å². The highest BCUT2D eigenvalue weighted by atomic mass is 19.1. The van der Waals surface area contributed by atoms with Crippen LogP contribution in [0.4, 0.5) is 4.39 Å². The molecule has 2 nitrogen and oxygen atoms in total. The second-order valence-corrected chi connectivity index (χ2v) is 2.91. The second kappa shape index (κ2) is 2.75. The van der Waals surface area contributed by atoms with E-state index in [0.29, 0.717) is 12.3 Å². The highest BCUT2D eigenvalue weighted by molar-refractivity contribution is 5.38. The van der Waals surface area contributed by atoms with Crippen LogP contribution in [0.1, 0.15) is 5.56 Å². The van der Waals surface area contributed by atoms with E-state index in [1.54, 1.807) is 6.07 Å². The fourth-order valence-corrected chi connectivity index (χ4v) is 1.43. The molecule has 0 bridgehead atoms. The first-order chi connectivity index (χ1) is 5.81. The number of hydrogen-bond donors (Lipinski definition) is 1.